The van der Waals surface area contributed by atoms with Crippen molar-refractivity contribution in [2.24, 2.45) is 0 Å². The van der Waals surface area contributed by atoms with Crippen LogP contribution in [0.4, 0.5) is 4.39 Å². The molecular weight excluding hydrogens is 255 g/mol. The summed E-state index contributed by atoms with van der Waals surface area (Å²) >= 11 is 0. The molecule has 1 atom stereocenters. The van der Waals surface area contributed by atoms with Crippen LogP contribution in [0.5, 0.6) is 0 Å². The average molecular weight is 276 g/mol. The normalized spacial score (nSPS) is 19.4. The van der Waals surface area contributed by atoms with E-state index in [1.807, 2.05) is 11.9 Å². The van der Waals surface area contributed by atoms with Gasteiger partial charge in [0, 0.05) is 30.8 Å². The number of benzene rings is 1. The lowest BCUT2D eigenvalue weighted by atomic mass is 10.1. The number of carbonyl (C=O) groups is 1. The molecule has 1 saturated heterocycles. The van der Waals surface area contributed by atoms with E-state index < -0.39 is 0 Å². The molecule has 1 amide bonds. The first-order valence-corrected chi connectivity index (χ1v) is 7.02. The monoisotopic (exact) mass is 276 g/mol. The van der Waals surface area contributed by atoms with Crippen LogP contribution in [0.25, 0.3) is 5.57 Å². The van der Waals surface area contributed by atoms with E-state index in [9.17, 15) is 9.18 Å². The summed E-state index contributed by atoms with van der Waals surface area (Å²) in [4.78, 5) is 14.2. The third-order valence-electron chi connectivity index (χ3n) is 3.74. The van der Waals surface area contributed by atoms with E-state index in [0.29, 0.717) is 11.1 Å². The maximum atomic E-state index is 13.7. The maximum absolute atomic E-state index is 13.7. The molecule has 1 aromatic rings. The summed E-state index contributed by atoms with van der Waals surface area (Å²) in [5, 5.41) is 3.11. The van der Waals surface area contributed by atoms with Crippen molar-refractivity contribution in [3.05, 3.63) is 41.7 Å². The summed E-state index contributed by atoms with van der Waals surface area (Å²) in [5.74, 6) is -0.314. The standard InChI is InChI=1S/C16H21FN2O/c1-12(14-7-3-4-8-15(14)17)10-16(20)19-9-5-6-13(19)11-18-2/h3-4,7-8,10,13,18H,5-6,9,11H2,1-2H3/b12-10+. The predicted molar refractivity (Wildman–Crippen MR) is 78.7 cm³/mol. The molecule has 0 aromatic heterocycles. The molecular formula is C16H21FN2O. The fraction of sp³-hybridized carbons (Fsp3) is 0.438. The van der Waals surface area contributed by atoms with Gasteiger partial charge in [-0.1, -0.05) is 18.2 Å². The highest BCUT2D eigenvalue weighted by atomic mass is 19.1. The topological polar surface area (TPSA) is 32.3 Å². The first-order valence-electron chi connectivity index (χ1n) is 7.02. The minimum atomic E-state index is -0.290. The summed E-state index contributed by atoms with van der Waals surface area (Å²) in [6, 6.07) is 6.79. The molecule has 1 N–H and O–H groups in total. The van der Waals surface area contributed by atoms with Crippen molar-refractivity contribution in [3.63, 3.8) is 0 Å². The van der Waals surface area contributed by atoms with Crippen LogP contribution in [0.3, 0.4) is 0 Å². The van der Waals surface area contributed by atoms with Crippen molar-refractivity contribution in [2.75, 3.05) is 20.1 Å². The van der Waals surface area contributed by atoms with Crippen molar-refractivity contribution in [1.82, 2.24) is 10.2 Å². The smallest absolute Gasteiger partial charge is 0.247 e. The first-order chi connectivity index (χ1) is 9.63. The third kappa shape index (κ3) is 3.25. The van der Waals surface area contributed by atoms with Gasteiger partial charge in [0.25, 0.3) is 0 Å². The van der Waals surface area contributed by atoms with Crippen molar-refractivity contribution >= 4 is 11.5 Å². The molecule has 0 bridgehead atoms. The fourth-order valence-corrected chi connectivity index (χ4v) is 2.70. The van der Waals surface area contributed by atoms with E-state index in [1.54, 1.807) is 31.2 Å². The summed E-state index contributed by atoms with van der Waals surface area (Å²) in [7, 11) is 1.89. The van der Waals surface area contributed by atoms with Crippen molar-refractivity contribution in [1.29, 1.82) is 0 Å². The van der Waals surface area contributed by atoms with Crippen LogP contribution < -0.4 is 5.32 Å². The van der Waals surface area contributed by atoms with Gasteiger partial charge >= 0.3 is 0 Å². The summed E-state index contributed by atoms with van der Waals surface area (Å²) in [6.45, 7) is 3.37. The molecule has 2 rings (SSSR count). The van der Waals surface area contributed by atoms with E-state index in [2.05, 4.69) is 5.32 Å². The van der Waals surface area contributed by atoms with E-state index in [1.165, 1.54) is 6.07 Å². The van der Waals surface area contributed by atoms with E-state index in [0.717, 1.165) is 25.9 Å². The molecule has 1 aromatic carbocycles. The van der Waals surface area contributed by atoms with Crippen LogP contribution in [0.2, 0.25) is 0 Å². The maximum Gasteiger partial charge on any atom is 0.247 e. The highest BCUT2D eigenvalue weighted by molar-refractivity contribution is 5.95. The predicted octanol–water partition coefficient (Wildman–Crippen LogP) is 2.44. The Morgan fingerprint density at radius 2 is 2.25 bits per heavy atom. The Labute approximate surface area is 119 Å². The molecule has 0 radical (unpaired) electrons. The second-order valence-electron chi connectivity index (χ2n) is 5.19. The van der Waals surface area contributed by atoms with Gasteiger partial charge in [-0.3, -0.25) is 4.79 Å². The Morgan fingerprint density at radius 3 is 2.95 bits per heavy atom. The Balaban J connectivity index is 2.13. The summed E-state index contributed by atoms with van der Waals surface area (Å²) in [5.41, 5.74) is 1.16. The zero-order valence-electron chi connectivity index (χ0n) is 12.0. The molecule has 20 heavy (non-hydrogen) atoms. The number of rotatable bonds is 4. The molecule has 1 fully saturated rings. The van der Waals surface area contributed by atoms with Crippen molar-refractivity contribution in [2.45, 2.75) is 25.8 Å². The van der Waals surface area contributed by atoms with Crippen LogP contribution in [0.1, 0.15) is 25.3 Å². The van der Waals surface area contributed by atoms with Gasteiger partial charge in [0.15, 0.2) is 0 Å². The number of nitrogens with one attached hydrogen (secondary N) is 1. The molecule has 1 aliphatic rings. The highest BCUT2D eigenvalue weighted by Gasteiger charge is 2.26. The number of amides is 1. The molecule has 1 heterocycles. The lowest BCUT2D eigenvalue weighted by Gasteiger charge is -2.23. The van der Waals surface area contributed by atoms with Gasteiger partial charge in [-0.25, -0.2) is 4.39 Å². The van der Waals surface area contributed by atoms with Crippen LogP contribution in [0.15, 0.2) is 30.3 Å². The molecule has 0 aliphatic carbocycles. The Morgan fingerprint density at radius 1 is 1.50 bits per heavy atom. The van der Waals surface area contributed by atoms with Gasteiger partial charge in [-0.05, 0) is 38.5 Å². The van der Waals surface area contributed by atoms with Crippen LogP contribution in [-0.2, 0) is 4.79 Å². The lowest BCUT2D eigenvalue weighted by molar-refractivity contribution is -0.126. The molecule has 3 nitrogen and oxygen atoms in total. The van der Waals surface area contributed by atoms with Gasteiger partial charge in [0.2, 0.25) is 5.91 Å². The molecule has 4 heteroatoms. The molecule has 108 valence electrons. The lowest BCUT2D eigenvalue weighted by Crippen LogP contribution is -2.40. The number of likely N-dealkylation sites (N-methyl/N-ethyl adjacent to an activating group) is 1. The fourth-order valence-electron chi connectivity index (χ4n) is 2.70. The number of hydrogen-bond acceptors (Lipinski definition) is 2. The van der Waals surface area contributed by atoms with Crippen LogP contribution in [-0.4, -0.2) is 37.0 Å². The molecule has 1 aliphatic heterocycles. The minimum absolute atomic E-state index is 0.0245. The second-order valence-corrected chi connectivity index (χ2v) is 5.19. The van der Waals surface area contributed by atoms with Gasteiger partial charge in [0.1, 0.15) is 5.82 Å². The third-order valence-corrected chi connectivity index (χ3v) is 3.74. The summed E-state index contributed by atoms with van der Waals surface area (Å²) < 4.78 is 13.7. The zero-order valence-corrected chi connectivity index (χ0v) is 12.0. The quantitative estimate of drug-likeness (QED) is 0.857. The Bertz CT molecular complexity index is 513. The SMILES string of the molecule is CNCC1CCCN1C(=O)/C=C(\C)c1ccccc1F. The Kier molecular flexibility index (Phi) is 4.90. The van der Waals surface area contributed by atoms with Gasteiger partial charge in [-0.2, -0.15) is 0 Å². The second kappa shape index (κ2) is 6.66. The van der Waals surface area contributed by atoms with Gasteiger partial charge < -0.3 is 10.2 Å². The number of halogens is 1. The average Bonchev–Trinajstić information content (AvgIpc) is 2.88. The number of likely N-dealkylation sites (tertiary alicyclic amines) is 1. The number of carbonyl (C=O) groups excluding carboxylic acids is 1. The van der Waals surface area contributed by atoms with Gasteiger partial charge in [-0.15, -0.1) is 0 Å². The van der Waals surface area contributed by atoms with E-state index >= 15 is 0 Å². The zero-order chi connectivity index (χ0) is 14.5. The van der Waals surface area contributed by atoms with Crippen molar-refractivity contribution < 1.29 is 9.18 Å². The number of nitrogens with zero attached hydrogens (tertiary/aromatic N) is 1. The molecule has 1 unspecified atom stereocenters. The largest absolute Gasteiger partial charge is 0.335 e. The summed E-state index contributed by atoms with van der Waals surface area (Å²) in [6.07, 6.45) is 3.61. The highest BCUT2D eigenvalue weighted by Crippen LogP contribution is 2.21. The van der Waals surface area contributed by atoms with E-state index in [-0.39, 0.29) is 17.8 Å². The first kappa shape index (κ1) is 14.7. The van der Waals surface area contributed by atoms with Crippen molar-refractivity contribution in [3.8, 4) is 0 Å². The molecule has 0 spiro atoms. The van der Waals surface area contributed by atoms with Crippen LogP contribution in [0, 0.1) is 5.82 Å². The van der Waals surface area contributed by atoms with Gasteiger partial charge in [0.05, 0.1) is 0 Å². The number of allylic oxidation sites excluding steroid dienone is 1. The molecule has 0 saturated carbocycles. The number of hydrogen-bond donors (Lipinski definition) is 1. The Hall–Kier alpha value is -1.68. The minimum Gasteiger partial charge on any atom is -0.335 e. The van der Waals surface area contributed by atoms with E-state index in [4.69, 9.17) is 0 Å². The van der Waals surface area contributed by atoms with Crippen LogP contribution >= 0.6 is 0 Å².